The van der Waals surface area contributed by atoms with Gasteiger partial charge in [-0.05, 0) is 49.6 Å². The summed E-state index contributed by atoms with van der Waals surface area (Å²) in [5, 5.41) is 2.91. The van der Waals surface area contributed by atoms with Crippen molar-refractivity contribution in [3.63, 3.8) is 0 Å². The van der Waals surface area contributed by atoms with E-state index in [0.29, 0.717) is 24.9 Å². The van der Waals surface area contributed by atoms with Crippen molar-refractivity contribution in [3.8, 4) is 5.75 Å². The van der Waals surface area contributed by atoms with Crippen molar-refractivity contribution in [1.29, 1.82) is 0 Å². The molecule has 0 aliphatic rings. The van der Waals surface area contributed by atoms with Crippen LogP contribution in [0.2, 0.25) is 0 Å². The maximum Gasteiger partial charge on any atom is 0.257 e. The molecule has 6 heteroatoms. The number of aryl methyl sites for hydroxylation is 3. The van der Waals surface area contributed by atoms with Gasteiger partial charge in [0.1, 0.15) is 11.6 Å². The molecule has 4 aromatic rings. The van der Waals surface area contributed by atoms with Crippen LogP contribution < -0.4 is 10.1 Å². The highest BCUT2D eigenvalue weighted by atomic mass is 16.5. The Kier molecular flexibility index (Phi) is 7.38. The van der Waals surface area contributed by atoms with E-state index >= 15 is 0 Å². The van der Waals surface area contributed by atoms with E-state index in [-0.39, 0.29) is 24.8 Å². The van der Waals surface area contributed by atoms with E-state index in [4.69, 9.17) is 9.72 Å². The van der Waals surface area contributed by atoms with Gasteiger partial charge in [-0.2, -0.15) is 0 Å². The lowest BCUT2D eigenvalue weighted by molar-refractivity contribution is -0.123. The molecule has 0 spiro atoms. The highest BCUT2D eigenvalue weighted by Crippen LogP contribution is 2.19. The third kappa shape index (κ3) is 5.70. The van der Waals surface area contributed by atoms with Gasteiger partial charge in [0.15, 0.2) is 12.4 Å². The average molecular weight is 456 g/mol. The standard InChI is InChI=1S/C28H29N3O3/c1-20-14-15-21(2)26(17-20)34-19-28(33)29-16-8-13-27-30-23-11-6-7-12-24(23)31(27)18-25(32)22-9-4-3-5-10-22/h3-7,9-12,14-15,17H,8,13,16,18-19H2,1-2H3,(H,29,33). The van der Waals surface area contributed by atoms with Gasteiger partial charge in [-0.15, -0.1) is 0 Å². The van der Waals surface area contributed by atoms with Crippen LogP contribution >= 0.6 is 0 Å². The predicted octanol–water partition coefficient (Wildman–Crippen LogP) is 4.66. The van der Waals surface area contributed by atoms with Crippen LogP contribution in [0, 0.1) is 13.8 Å². The van der Waals surface area contributed by atoms with E-state index in [9.17, 15) is 9.59 Å². The summed E-state index contributed by atoms with van der Waals surface area (Å²) < 4.78 is 7.66. The van der Waals surface area contributed by atoms with E-state index < -0.39 is 0 Å². The number of fused-ring (bicyclic) bond motifs is 1. The fraction of sp³-hybridized carbons (Fsp3) is 0.250. The average Bonchev–Trinajstić information content (AvgIpc) is 3.20. The molecule has 174 valence electrons. The van der Waals surface area contributed by atoms with E-state index in [2.05, 4.69) is 5.32 Å². The normalized spacial score (nSPS) is 10.9. The molecule has 1 amide bonds. The summed E-state index contributed by atoms with van der Waals surface area (Å²) in [6, 6.07) is 23.1. The van der Waals surface area contributed by atoms with E-state index in [1.165, 1.54) is 0 Å². The molecular weight excluding hydrogens is 426 g/mol. The number of ether oxygens (including phenoxy) is 1. The fourth-order valence-electron chi connectivity index (χ4n) is 3.88. The first-order valence-electron chi connectivity index (χ1n) is 11.5. The van der Waals surface area contributed by atoms with E-state index in [1.54, 1.807) is 0 Å². The Morgan fingerprint density at radius 2 is 1.74 bits per heavy atom. The Hall–Kier alpha value is -3.93. The topological polar surface area (TPSA) is 73.2 Å². The molecule has 34 heavy (non-hydrogen) atoms. The highest BCUT2D eigenvalue weighted by Gasteiger charge is 2.15. The minimum Gasteiger partial charge on any atom is -0.483 e. The molecule has 0 unspecified atom stereocenters. The number of ketones is 1. The number of nitrogens with zero attached hydrogens (tertiary/aromatic N) is 2. The van der Waals surface area contributed by atoms with Crippen LogP contribution in [-0.2, 0) is 17.8 Å². The van der Waals surface area contributed by atoms with Crippen LogP contribution in [0.4, 0.5) is 0 Å². The van der Waals surface area contributed by atoms with Crippen LogP contribution in [0.1, 0.15) is 33.7 Å². The third-order valence-electron chi connectivity index (χ3n) is 5.73. The number of aromatic nitrogens is 2. The number of carbonyl (C=O) groups excluding carboxylic acids is 2. The minimum absolute atomic E-state index is 0.0195. The molecule has 1 heterocycles. The molecule has 1 N–H and O–H groups in total. The molecule has 0 atom stereocenters. The number of benzene rings is 3. The van der Waals surface area contributed by atoms with E-state index in [0.717, 1.165) is 33.7 Å². The zero-order valence-electron chi connectivity index (χ0n) is 19.6. The lowest BCUT2D eigenvalue weighted by Gasteiger charge is -2.11. The van der Waals surface area contributed by atoms with Gasteiger partial charge >= 0.3 is 0 Å². The largest absolute Gasteiger partial charge is 0.483 e. The number of hydrogen-bond donors (Lipinski definition) is 1. The van der Waals surface area contributed by atoms with Crippen molar-refractivity contribution in [2.24, 2.45) is 0 Å². The van der Waals surface area contributed by atoms with Gasteiger partial charge in [-0.1, -0.05) is 54.6 Å². The maximum absolute atomic E-state index is 12.8. The van der Waals surface area contributed by atoms with Gasteiger partial charge < -0.3 is 14.6 Å². The third-order valence-corrected chi connectivity index (χ3v) is 5.73. The number of amides is 1. The predicted molar refractivity (Wildman–Crippen MR) is 133 cm³/mol. The molecule has 6 nitrogen and oxygen atoms in total. The Labute approximate surface area is 199 Å². The molecule has 0 saturated heterocycles. The van der Waals surface area contributed by atoms with Crippen molar-refractivity contribution in [3.05, 3.63) is 95.3 Å². The van der Waals surface area contributed by atoms with Crippen molar-refractivity contribution in [2.45, 2.75) is 33.2 Å². The summed E-state index contributed by atoms with van der Waals surface area (Å²) in [6.07, 6.45) is 1.35. The number of rotatable bonds is 10. The van der Waals surface area contributed by atoms with Crippen LogP contribution in [0.25, 0.3) is 11.0 Å². The number of nitrogens with one attached hydrogen (secondary N) is 1. The summed E-state index contributed by atoms with van der Waals surface area (Å²) >= 11 is 0. The second kappa shape index (κ2) is 10.8. The maximum atomic E-state index is 12.8. The second-order valence-electron chi connectivity index (χ2n) is 8.40. The van der Waals surface area contributed by atoms with Gasteiger partial charge in [-0.25, -0.2) is 4.98 Å². The van der Waals surface area contributed by atoms with Gasteiger partial charge in [-0.3, -0.25) is 9.59 Å². The first kappa shape index (κ1) is 23.2. The summed E-state index contributed by atoms with van der Waals surface area (Å²) in [4.78, 5) is 29.8. The quantitative estimate of drug-likeness (QED) is 0.279. The molecule has 0 radical (unpaired) electrons. The smallest absolute Gasteiger partial charge is 0.257 e. The Balaban J connectivity index is 1.34. The first-order chi connectivity index (χ1) is 16.5. The van der Waals surface area contributed by atoms with Gasteiger partial charge in [0.2, 0.25) is 0 Å². The number of carbonyl (C=O) groups is 2. The molecular formula is C28H29N3O3. The SMILES string of the molecule is Cc1ccc(C)c(OCC(=O)NCCCc2nc3ccccc3n2CC(=O)c2ccccc2)c1. The number of imidazole rings is 1. The summed E-state index contributed by atoms with van der Waals surface area (Å²) in [5.41, 5.74) is 4.58. The van der Waals surface area contributed by atoms with E-state index in [1.807, 2.05) is 91.2 Å². The minimum atomic E-state index is -0.159. The van der Waals surface area contributed by atoms with Gasteiger partial charge in [0.05, 0.1) is 17.6 Å². The number of Topliss-reactive ketones (excluding diaryl/α,β-unsaturated/α-hetero) is 1. The van der Waals surface area contributed by atoms with Crippen LogP contribution in [0.3, 0.4) is 0 Å². The zero-order chi connectivity index (χ0) is 23.9. The van der Waals surface area contributed by atoms with Crippen LogP contribution in [0.15, 0.2) is 72.8 Å². The Bertz CT molecular complexity index is 1300. The second-order valence-corrected chi connectivity index (χ2v) is 8.40. The van der Waals surface area contributed by atoms with Gasteiger partial charge in [0.25, 0.3) is 5.91 Å². The molecule has 0 bridgehead atoms. The fourth-order valence-corrected chi connectivity index (χ4v) is 3.88. The molecule has 0 saturated carbocycles. The van der Waals surface area contributed by atoms with Crippen molar-refractivity contribution >= 4 is 22.7 Å². The molecule has 3 aromatic carbocycles. The summed E-state index contributed by atoms with van der Waals surface area (Å²) in [5.74, 6) is 1.45. The Morgan fingerprint density at radius 3 is 2.56 bits per heavy atom. The van der Waals surface area contributed by atoms with Crippen LogP contribution in [0.5, 0.6) is 5.75 Å². The number of hydrogen-bond acceptors (Lipinski definition) is 4. The van der Waals surface area contributed by atoms with Crippen molar-refractivity contribution in [1.82, 2.24) is 14.9 Å². The molecule has 4 rings (SSSR count). The van der Waals surface area contributed by atoms with Crippen molar-refractivity contribution < 1.29 is 14.3 Å². The molecule has 0 aliphatic heterocycles. The lowest BCUT2D eigenvalue weighted by Crippen LogP contribution is -2.30. The van der Waals surface area contributed by atoms with Crippen LogP contribution in [-0.4, -0.2) is 34.4 Å². The first-order valence-corrected chi connectivity index (χ1v) is 11.5. The lowest BCUT2D eigenvalue weighted by atomic mass is 10.1. The highest BCUT2D eigenvalue weighted by molar-refractivity contribution is 5.96. The molecule has 0 aliphatic carbocycles. The zero-order valence-corrected chi connectivity index (χ0v) is 19.6. The molecule has 1 aromatic heterocycles. The number of para-hydroxylation sites is 2. The van der Waals surface area contributed by atoms with Gasteiger partial charge in [0, 0.05) is 18.5 Å². The summed E-state index contributed by atoms with van der Waals surface area (Å²) in [7, 11) is 0. The Morgan fingerprint density at radius 1 is 0.971 bits per heavy atom. The monoisotopic (exact) mass is 455 g/mol. The summed E-state index contributed by atoms with van der Waals surface area (Å²) in [6.45, 7) is 4.67. The van der Waals surface area contributed by atoms with Crippen molar-refractivity contribution in [2.75, 3.05) is 13.2 Å². The molecule has 0 fully saturated rings.